The number of aromatic nitrogens is 2. The van der Waals surface area contributed by atoms with Gasteiger partial charge < -0.3 is 4.57 Å². The third-order valence-electron chi connectivity index (χ3n) is 4.01. The largest absolute Gasteiger partial charge is 0.417 e. The molecule has 1 N–H and O–H groups in total. The molecule has 0 radical (unpaired) electrons. The van der Waals surface area contributed by atoms with Crippen LogP contribution in [-0.2, 0) is 16.2 Å². The average molecular weight is 395 g/mol. The molecule has 0 bridgehead atoms. The van der Waals surface area contributed by atoms with E-state index in [1.807, 2.05) is 0 Å². The number of benzene rings is 2. The summed E-state index contributed by atoms with van der Waals surface area (Å²) >= 11 is 0. The minimum atomic E-state index is -4.76. The van der Waals surface area contributed by atoms with Crippen LogP contribution in [0, 0.1) is 0 Å². The number of sulfonamides is 1. The van der Waals surface area contributed by atoms with Gasteiger partial charge in [0.15, 0.2) is 0 Å². The van der Waals surface area contributed by atoms with E-state index in [2.05, 4.69) is 9.71 Å². The Hall–Kier alpha value is -2.65. The van der Waals surface area contributed by atoms with Gasteiger partial charge in [0.25, 0.3) is 0 Å². The van der Waals surface area contributed by atoms with Gasteiger partial charge in [-0.15, -0.1) is 0 Å². The van der Waals surface area contributed by atoms with Crippen molar-refractivity contribution in [1.29, 1.82) is 0 Å². The molecule has 0 saturated carbocycles. The first-order chi connectivity index (χ1) is 12.7. The van der Waals surface area contributed by atoms with E-state index in [-0.39, 0.29) is 0 Å². The Morgan fingerprint density at radius 2 is 1.74 bits per heavy atom. The van der Waals surface area contributed by atoms with E-state index in [9.17, 15) is 21.6 Å². The SMILES string of the molecule is CC(NS(=O)(=O)c1ccccc1C(F)(F)F)c1ccc(-n2ccnc2)cc1. The zero-order valence-electron chi connectivity index (χ0n) is 14.2. The van der Waals surface area contributed by atoms with Crippen LogP contribution in [0.2, 0.25) is 0 Å². The van der Waals surface area contributed by atoms with Crippen LogP contribution in [0.4, 0.5) is 13.2 Å². The first-order valence-corrected chi connectivity index (χ1v) is 9.43. The summed E-state index contributed by atoms with van der Waals surface area (Å²) in [6.07, 6.45) is 0.244. The topological polar surface area (TPSA) is 64.0 Å². The maximum Gasteiger partial charge on any atom is 0.417 e. The molecule has 2 aromatic carbocycles. The van der Waals surface area contributed by atoms with Gasteiger partial charge in [-0.05, 0) is 36.8 Å². The Kier molecular flexibility index (Phi) is 5.07. The van der Waals surface area contributed by atoms with Gasteiger partial charge in [-0.25, -0.2) is 18.1 Å². The molecular formula is C18H16F3N3O2S. The molecule has 0 aliphatic carbocycles. The van der Waals surface area contributed by atoms with Crippen LogP contribution in [0.25, 0.3) is 5.69 Å². The van der Waals surface area contributed by atoms with E-state index in [0.29, 0.717) is 5.56 Å². The molecule has 3 aromatic rings. The highest BCUT2D eigenvalue weighted by Crippen LogP contribution is 2.34. The average Bonchev–Trinajstić information content (AvgIpc) is 3.15. The van der Waals surface area contributed by atoms with Gasteiger partial charge >= 0.3 is 6.18 Å². The lowest BCUT2D eigenvalue weighted by molar-refractivity contribution is -0.139. The summed E-state index contributed by atoms with van der Waals surface area (Å²) in [7, 11) is -4.36. The molecule has 1 aromatic heterocycles. The van der Waals surface area contributed by atoms with Crippen molar-refractivity contribution in [1.82, 2.24) is 14.3 Å². The molecule has 27 heavy (non-hydrogen) atoms. The third kappa shape index (κ3) is 4.20. The number of hydrogen-bond donors (Lipinski definition) is 1. The van der Waals surface area contributed by atoms with Crippen LogP contribution in [0.3, 0.4) is 0 Å². The van der Waals surface area contributed by atoms with Crippen molar-refractivity contribution in [3.63, 3.8) is 0 Å². The van der Waals surface area contributed by atoms with Gasteiger partial charge in [-0.2, -0.15) is 13.2 Å². The number of alkyl halides is 3. The molecule has 1 heterocycles. The van der Waals surface area contributed by atoms with Crippen LogP contribution in [0.1, 0.15) is 24.1 Å². The number of imidazole rings is 1. The summed E-state index contributed by atoms with van der Waals surface area (Å²) < 4.78 is 68.5. The van der Waals surface area contributed by atoms with Crippen molar-refractivity contribution >= 4 is 10.0 Å². The second kappa shape index (κ2) is 7.16. The third-order valence-corrected chi connectivity index (χ3v) is 5.61. The van der Waals surface area contributed by atoms with E-state index >= 15 is 0 Å². The van der Waals surface area contributed by atoms with Gasteiger partial charge in [0.05, 0.1) is 16.8 Å². The maximum absolute atomic E-state index is 13.1. The fraction of sp³-hybridized carbons (Fsp3) is 0.167. The van der Waals surface area contributed by atoms with Gasteiger partial charge in [-0.1, -0.05) is 24.3 Å². The molecule has 0 aliphatic rings. The van der Waals surface area contributed by atoms with Crippen molar-refractivity contribution in [2.75, 3.05) is 0 Å². The summed E-state index contributed by atoms with van der Waals surface area (Å²) in [6, 6.07) is 10.3. The molecule has 0 amide bonds. The molecule has 1 atom stereocenters. The Bertz CT molecular complexity index is 1010. The molecule has 1 unspecified atom stereocenters. The second-order valence-corrected chi connectivity index (χ2v) is 7.58. The van der Waals surface area contributed by atoms with Gasteiger partial charge in [-0.3, -0.25) is 0 Å². The van der Waals surface area contributed by atoms with E-state index in [1.54, 1.807) is 54.5 Å². The summed E-state index contributed by atoms with van der Waals surface area (Å²) in [4.78, 5) is 3.15. The number of nitrogens with zero attached hydrogens (tertiary/aromatic N) is 2. The fourth-order valence-electron chi connectivity index (χ4n) is 2.65. The fourth-order valence-corrected chi connectivity index (χ4v) is 4.11. The quantitative estimate of drug-likeness (QED) is 0.712. The van der Waals surface area contributed by atoms with Crippen LogP contribution in [0.15, 0.2) is 72.1 Å². The second-order valence-electron chi connectivity index (χ2n) is 5.90. The Morgan fingerprint density at radius 3 is 2.33 bits per heavy atom. The highest BCUT2D eigenvalue weighted by molar-refractivity contribution is 7.89. The monoisotopic (exact) mass is 395 g/mol. The predicted molar refractivity (Wildman–Crippen MR) is 93.7 cm³/mol. The Labute approximate surface area is 154 Å². The summed E-state index contributed by atoms with van der Waals surface area (Å²) in [5.74, 6) is 0. The zero-order chi connectivity index (χ0) is 19.7. The smallest absolute Gasteiger partial charge is 0.306 e. The minimum Gasteiger partial charge on any atom is -0.306 e. The molecule has 0 aliphatic heterocycles. The number of rotatable bonds is 5. The number of halogens is 3. The Morgan fingerprint density at radius 1 is 1.07 bits per heavy atom. The maximum atomic E-state index is 13.1. The van der Waals surface area contributed by atoms with Crippen LogP contribution < -0.4 is 4.72 Å². The van der Waals surface area contributed by atoms with Crippen molar-refractivity contribution < 1.29 is 21.6 Å². The van der Waals surface area contributed by atoms with Crippen molar-refractivity contribution in [3.05, 3.63) is 78.4 Å². The Balaban J connectivity index is 1.84. The predicted octanol–water partition coefficient (Wildman–Crippen LogP) is 3.93. The lowest BCUT2D eigenvalue weighted by Gasteiger charge is -2.18. The summed E-state index contributed by atoms with van der Waals surface area (Å²) in [5, 5.41) is 0. The van der Waals surface area contributed by atoms with Crippen LogP contribution in [0.5, 0.6) is 0 Å². The number of nitrogens with one attached hydrogen (secondary N) is 1. The molecular weight excluding hydrogens is 379 g/mol. The molecule has 0 spiro atoms. The molecule has 142 valence electrons. The van der Waals surface area contributed by atoms with E-state index in [0.717, 1.165) is 23.9 Å². The summed E-state index contributed by atoms with van der Waals surface area (Å²) in [5.41, 5.74) is 0.251. The number of hydrogen-bond acceptors (Lipinski definition) is 3. The highest BCUT2D eigenvalue weighted by Gasteiger charge is 2.37. The molecule has 3 rings (SSSR count). The molecule has 0 saturated heterocycles. The zero-order valence-corrected chi connectivity index (χ0v) is 15.0. The molecule has 5 nitrogen and oxygen atoms in total. The first-order valence-electron chi connectivity index (χ1n) is 7.95. The van der Waals surface area contributed by atoms with Crippen molar-refractivity contribution in [2.45, 2.75) is 24.0 Å². The summed E-state index contributed by atoms with van der Waals surface area (Å²) in [6.45, 7) is 1.57. The van der Waals surface area contributed by atoms with Gasteiger partial charge in [0, 0.05) is 24.1 Å². The molecule has 0 fully saturated rings. The van der Waals surface area contributed by atoms with Crippen molar-refractivity contribution in [3.8, 4) is 5.69 Å². The first kappa shape index (κ1) is 19.1. The van der Waals surface area contributed by atoms with Crippen LogP contribution >= 0.6 is 0 Å². The van der Waals surface area contributed by atoms with Gasteiger partial charge in [0.2, 0.25) is 10.0 Å². The highest BCUT2D eigenvalue weighted by atomic mass is 32.2. The van der Waals surface area contributed by atoms with Gasteiger partial charge in [0.1, 0.15) is 0 Å². The van der Waals surface area contributed by atoms with E-state index < -0.39 is 32.7 Å². The lowest BCUT2D eigenvalue weighted by Crippen LogP contribution is -2.29. The van der Waals surface area contributed by atoms with Crippen molar-refractivity contribution in [2.24, 2.45) is 0 Å². The molecule has 9 heteroatoms. The minimum absolute atomic E-state index is 0.618. The van der Waals surface area contributed by atoms with E-state index in [1.165, 1.54) is 6.07 Å². The van der Waals surface area contributed by atoms with E-state index in [4.69, 9.17) is 0 Å². The standard InChI is InChI=1S/C18H16F3N3O2S/c1-13(14-6-8-15(9-7-14)24-11-10-22-12-24)23-27(25,26)17-5-3-2-4-16(17)18(19,20)21/h2-13,23H,1H3. The van der Waals surface area contributed by atoms with Crippen LogP contribution in [-0.4, -0.2) is 18.0 Å². The lowest BCUT2D eigenvalue weighted by atomic mass is 10.1. The normalized spacial score (nSPS) is 13.5.